The molecule has 0 aliphatic carbocycles. The maximum atomic E-state index is 5.27. The average Bonchev–Trinajstić information content (AvgIpc) is 2.84. The minimum Gasteiger partial charge on any atom is -0.469 e. The largest absolute Gasteiger partial charge is 0.469 e. The van der Waals surface area contributed by atoms with Gasteiger partial charge in [-0.15, -0.1) is 0 Å². The maximum absolute atomic E-state index is 5.27. The van der Waals surface area contributed by atoms with Crippen LogP contribution in [0.1, 0.15) is 25.1 Å². The smallest absolute Gasteiger partial charge is 0.195 e. The highest BCUT2D eigenvalue weighted by atomic mass is 32.1. The molecule has 0 fully saturated rings. The van der Waals surface area contributed by atoms with Gasteiger partial charge in [0.1, 0.15) is 12.1 Å². The lowest BCUT2D eigenvalue weighted by atomic mass is 10.1. The molecule has 1 unspecified atom stereocenters. The van der Waals surface area contributed by atoms with Crippen molar-refractivity contribution in [3.05, 3.63) is 35.3 Å². The van der Waals surface area contributed by atoms with E-state index in [2.05, 4.69) is 17.1 Å². The predicted molar refractivity (Wildman–Crippen MR) is 59.2 cm³/mol. The van der Waals surface area contributed by atoms with Gasteiger partial charge in [0.05, 0.1) is 6.26 Å². The summed E-state index contributed by atoms with van der Waals surface area (Å²) < 4.78 is 7.90. The molecule has 15 heavy (non-hydrogen) atoms. The standard InChI is InChI=1S/C10H13N3OS/c1-8(13-7-11-12-10(13)15)4-5-9-3-2-6-14-9/h2-3,6-8H,4-5H2,1H3,(H,12,15). The lowest BCUT2D eigenvalue weighted by molar-refractivity contribution is 0.449. The molecule has 0 aliphatic heterocycles. The zero-order valence-corrected chi connectivity index (χ0v) is 9.33. The van der Waals surface area contributed by atoms with Crippen LogP contribution in [0.25, 0.3) is 0 Å². The van der Waals surface area contributed by atoms with Crippen molar-refractivity contribution >= 4 is 12.2 Å². The second-order valence-electron chi connectivity index (χ2n) is 3.54. The first-order valence-corrected chi connectivity index (χ1v) is 5.32. The Morgan fingerprint density at radius 3 is 3.13 bits per heavy atom. The Labute approximate surface area is 92.9 Å². The Morgan fingerprint density at radius 2 is 2.53 bits per heavy atom. The van der Waals surface area contributed by atoms with Crippen molar-refractivity contribution in [2.24, 2.45) is 0 Å². The molecule has 4 nitrogen and oxygen atoms in total. The molecule has 0 aliphatic rings. The monoisotopic (exact) mass is 223 g/mol. The summed E-state index contributed by atoms with van der Waals surface area (Å²) in [5, 5.41) is 6.65. The van der Waals surface area contributed by atoms with Gasteiger partial charge < -0.3 is 8.98 Å². The first-order chi connectivity index (χ1) is 7.27. The molecule has 2 rings (SSSR count). The van der Waals surface area contributed by atoms with Crippen LogP contribution < -0.4 is 0 Å². The molecule has 0 spiro atoms. The normalized spacial score (nSPS) is 12.9. The van der Waals surface area contributed by atoms with Gasteiger partial charge in [-0.3, -0.25) is 5.10 Å². The third-order valence-corrected chi connectivity index (χ3v) is 2.74. The van der Waals surface area contributed by atoms with Crippen molar-refractivity contribution in [1.29, 1.82) is 0 Å². The van der Waals surface area contributed by atoms with Crippen LogP contribution in [-0.4, -0.2) is 14.8 Å². The molecular weight excluding hydrogens is 210 g/mol. The quantitative estimate of drug-likeness (QED) is 0.811. The summed E-state index contributed by atoms with van der Waals surface area (Å²) in [6, 6.07) is 4.23. The molecule has 0 saturated carbocycles. The van der Waals surface area contributed by atoms with Gasteiger partial charge in [-0.05, 0) is 37.7 Å². The Hall–Kier alpha value is -1.36. The fourth-order valence-corrected chi connectivity index (χ4v) is 1.80. The molecule has 2 aromatic heterocycles. The number of nitrogens with zero attached hydrogens (tertiary/aromatic N) is 2. The first-order valence-electron chi connectivity index (χ1n) is 4.91. The van der Waals surface area contributed by atoms with Gasteiger partial charge in [0, 0.05) is 12.5 Å². The zero-order valence-electron chi connectivity index (χ0n) is 8.51. The molecule has 0 bridgehead atoms. The van der Waals surface area contributed by atoms with E-state index in [1.54, 1.807) is 12.6 Å². The Bertz CT molecular complexity index is 457. The van der Waals surface area contributed by atoms with Crippen LogP contribution in [-0.2, 0) is 6.42 Å². The van der Waals surface area contributed by atoms with Crippen LogP contribution in [0.3, 0.4) is 0 Å². The number of aryl methyl sites for hydroxylation is 1. The van der Waals surface area contributed by atoms with Crippen LogP contribution in [0.2, 0.25) is 0 Å². The lowest BCUT2D eigenvalue weighted by Gasteiger charge is -2.10. The molecule has 1 atom stereocenters. The minimum absolute atomic E-state index is 0.335. The van der Waals surface area contributed by atoms with Gasteiger partial charge in [-0.25, -0.2) is 0 Å². The van der Waals surface area contributed by atoms with E-state index < -0.39 is 0 Å². The van der Waals surface area contributed by atoms with Gasteiger partial charge in [0.2, 0.25) is 0 Å². The summed E-state index contributed by atoms with van der Waals surface area (Å²) in [6.45, 7) is 2.12. The number of nitrogens with one attached hydrogen (secondary N) is 1. The molecule has 5 heteroatoms. The van der Waals surface area contributed by atoms with Gasteiger partial charge in [-0.1, -0.05) is 0 Å². The fraction of sp³-hybridized carbons (Fsp3) is 0.400. The first kappa shape index (κ1) is 10.2. The molecule has 2 aromatic rings. The van der Waals surface area contributed by atoms with Crippen molar-refractivity contribution < 1.29 is 4.42 Å². The molecule has 0 aromatic carbocycles. The second kappa shape index (κ2) is 4.44. The SMILES string of the molecule is CC(CCc1ccco1)n1cn[nH]c1=S. The summed E-state index contributed by atoms with van der Waals surface area (Å²) >= 11 is 5.10. The van der Waals surface area contributed by atoms with Crippen LogP contribution >= 0.6 is 12.2 Å². The molecule has 0 radical (unpaired) electrons. The number of furan rings is 1. The van der Waals surface area contributed by atoms with E-state index in [-0.39, 0.29) is 0 Å². The highest BCUT2D eigenvalue weighted by Crippen LogP contribution is 2.14. The number of aromatic nitrogens is 3. The number of hydrogen-bond donors (Lipinski definition) is 1. The van der Waals surface area contributed by atoms with E-state index in [0.29, 0.717) is 10.8 Å². The number of H-pyrrole nitrogens is 1. The third-order valence-electron chi connectivity index (χ3n) is 2.44. The Balaban J connectivity index is 1.96. The van der Waals surface area contributed by atoms with Crippen LogP contribution in [0.4, 0.5) is 0 Å². The van der Waals surface area contributed by atoms with Crippen molar-refractivity contribution in [3.63, 3.8) is 0 Å². The van der Waals surface area contributed by atoms with E-state index in [0.717, 1.165) is 18.6 Å². The molecule has 2 heterocycles. The van der Waals surface area contributed by atoms with Gasteiger partial charge in [-0.2, -0.15) is 5.10 Å². The lowest BCUT2D eigenvalue weighted by Crippen LogP contribution is -2.05. The van der Waals surface area contributed by atoms with E-state index in [1.807, 2.05) is 16.7 Å². The predicted octanol–water partition coefficient (Wildman–Crippen LogP) is 2.73. The Morgan fingerprint density at radius 1 is 1.67 bits per heavy atom. The van der Waals surface area contributed by atoms with Crippen molar-refractivity contribution in [3.8, 4) is 0 Å². The van der Waals surface area contributed by atoms with Gasteiger partial charge in [0.15, 0.2) is 4.77 Å². The molecule has 80 valence electrons. The van der Waals surface area contributed by atoms with Crippen LogP contribution in [0.5, 0.6) is 0 Å². The Kier molecular flexibility index (Phi) is 3.01. The number of rotatable bonds is 4. The minimum atomic E-state index is 0.335. The van der Waals surface area contributed by atoms with Crippen LogP contribution in [0, 0.1) is 4.77 Å². The molecular formula is C10H13N3OS. The molecule has 0 amide bonds. The maximum Gasteiger partial charge on any atom is 0.195 e. The van der Waals surface area contributed by atoms with Crippen LogP contribution in [0.15, 0.2) is 29.1 Å². The van der Waals surface area contributed by atoms with Crippen molar-refractivity contribution in [2.45, 2.75) is 25.8 Å². The van der Waals surface area contributed by atoms with E-state index >= 15 is 0 Å². The number of aromatic amines is 1. The highest BCUT2D eigenvalue weighted by Gasteiger charge is 2.07. The zero-order chi connectivity index (χ0) is 10.7. The summed E-state index contributed by atoms with van der Waals surface area (Å²) in [5.41, 5.74) is 0. The number of hydrogen-bond acceptors (Lipinski definition) is 3. The van der Waals surface area contributed by atoms with Gasteiger partial charge >= 0.3 is 0 Å². The van der Waals surface area contributed by atoms with E-state index in [9.17, 15) is 0 Å². The summed E-state index contributed by atoms with van der Waals surface area (Å²) in [7, 11) is 0. The molecule has 1 N–H and O–H groups in total. The van der Waals surface area contributed by atoms with Crippen molar-refractivity contribution in [2.75, 3.05) is 0 Å². The van der Waals surface area contributed by atoms with Crippen molar-refractivity contribution in [1.82, 2.24) is 14.8 Å². The average molecular weight is 223 g/mol. The fourth-order valence-electron chi connectivity index (χ4n) is 1.52. The topological polar surface area (TPSA) is 46.8 Å². The summed E-state index contributed by atoms with van der Waals surface area (Å²) in [4.78, 5) is 0. The van der Waals surface area contributed by atoms with E-state index in [4.69, 9.17) is 16.6 Å². The third kappa shape index (κ3) is 2.36. The van der Waals surface area contributed by atoms with E-state index in [1.165, 1.54) is 0 Å². The summed E-state index contributed by atoms with van der Waals surface area (Å²) in [5.74, 6) is 1.01. The van der Waals surface area contributed by atoms with Gasteiger partial charge in [0.25, 0.3) is 0 Å². The molecule has 0 saturated heterocycles. The summed E-state index contributed by atoms with van der Waals surface area (Å²) in [6.07, 6.45) is 5.33. The highest BCUT2D eigenvalue weighted by molar-refractivity contribution is 7.71. The second-order valence-corrected chi connectivity index (χ2v) is 3.92.